The summed E-state index contributed by atoms with van der Waals surface area (Å²) in [5.41, 5.74) is 1.80. The van der Waals surface area contributed by atoms with Gasteiger partial charge in [-0.25, -0.2) is 4.79 Å². The number of benzene rings is 1. The number of carbonyl (C=O) groups excluding carboxylic acids is 2. The molecule has 1 aromatic carbocycles. The largest absolute Gasteiger partial charge is 0.482 e. The van der Waals surface area contributed by atoms with E-state index in [1.54, 1.807) is 12.1 Å². The van der Waals surface area contributed by atoms with Crippen LogP contribution in [0.15, 0.2) is 18.2 Å². The molecular weight excluding hydrogens is 256 g/mol. The molecule has 4 heteroatoms. The van der Waals surface area contributed by atoms with E-state index in [0.717, 1.165) is 36.8 Å². The van der Waals surface area contributed by atoms with Gasteiger partial charge in [0.05, 0.1) is 6.61 Å². The molecule has 0 saturated carbocycles. The summed E-state index contributed by atoms with van der Waals surface area (Å²) in [5.74, 6) is 0.454. The Hall–Kier alpha value is -1.84. The van der Waals surface area contributed by atoms with Crippen molar-refractivity contribution < 1.29 is 19.1 Å². The van der Waals surface area contributed by atoms with Gasteiger partial charge in [0.2, 0.25) is 0 Å². The molecule has 0 heterocycles. The van der Waals surface area contributed by atoms with Crippen LogP contribution < -0.4 is 4.74 Å². The second kappa shape index (κ2) is 7.08. The number of fused-ring (bicyclic) bond motifs is 1. The summed E-state index contributed by atoms with van der Waals surface area (Å²) in [6, 6.07) is 5.38. The van der Waals surface area contributed by atoms with E-state index in [-0.39, 0.29) is 18.4 Å². The number of ketones is 1. The number of Topliss-reactive ketones (excluding diaryl/α,β-unsaturated/α-hetero) is 1. The van der Waals surface area contributed by atoms with Crippen molar-refractivity contribution in [3.8, 4) is 5.75 Å². The Balaban J connectivity index is 1.87. The van der Waals surface area contributed by atoms with Gasteiger partial charge in [0, 0.05) is 12.0 Å². The zero-order valence-corrected chi connectivity index (χ0v) is 11.8. The number of ether oxygens (including phenoxy) is 2. The number of carbonyl (C=O) groups is 2. The van der Waals surface area contributed by atoms with Gasteiger partial charge in [0.25, 0.3) is 0 Å². The molecule has 108 valence electrons. The van der Waals surface area contributed by atoms with Crippen LogP contribution in [0.2, 0.25) is 0 Å². The summed E-state index contributed by atoms with van der Waals surface area (Å²) in [6.07, 6.45) is 4.25. The van der Waals surface area contributed by atoms with Gasteiger partial charge in [-0.1, -0.05) is 13.3 Å². The Morgan fingerprint density at radius 1 is 1.30 bits per heavy atom. The molecule has 1 aromatic rings. The van der Waals surface area contributed by atoms with Crippen molar-refractivity contribution in [3.05, 3.63) is 29.3 Å². The number of esters is 1. The normalized spacial score (nSPS) is 13.8. The van der Waals surface area contributed by atoms with E-state index in [0.29, 0.717) is 18.8 Å². The van der Waals surface area contributed by atoms with E-state index >= 15 is 0 Å². The lowest BCUT2D eigenvalue weighted by atomic mass is 9.91. The van der Waals surface area contributed by atoms with E-state index in [2.05, 4.69) is 0 Å². The zero-order chi connectivity index (χ0) is 14.4. The molecule has 0 unspecified atom stereocenters. The molecule has 0 atom stereocenters. The molecule has 0 radical (unpaired) electrons. The van der Waals surface area contributed by atoms with Gasteiger partial charge in [-0.05, 0) is 43.0 Å². The summed E-state index contributed by atoms with van der Waals surface area (Å²) in [4.78, 5) is 23.1. The van der Waals surface area contributed by atoms with Gasteiger partial charge in [0.15, 0.2) is 12.4 Å². The Morgan fingerprint density at radius 2 is 2.15 bits per heavy atom. The second-order valence-corrected chi connectivity index (χ2v) is 4.96. The van der Waals surface area contributed by atoms with Crippen LogP contribution in [0, 0.1) is 0 Å². The second-order valence-electron chi connectivity index (χ2n) is 4.96. The maximum Gasteiger partial charge on any atom is 0.344 e. The molecule has 0 N–H and O–H groups in total. The lowest BCUT2D eigenvalue weighted by Gasteiger charge is -2.15. The molecule has 0 saturated heterocycles. The van der Waals surface area contributed by atoms with Crippen molar-refractivity contribution in [1.29, 1.82) is 0 Å². The van der Waals surface area contributed by atoms with E-state index in [4.69, 9.17) is 9.47 Å². The third-order valence-corrected chi connectivity index (χ3v) is 3.34. The predicted octanol–water partition coefficient (Wildman–Crippen LogP) is 2.93. The standard InChI is InChI=1S/C16H20O4/c1-2-3-9-19-16(18)11-20-13-7-8-14-12(10-13)5-4-6-15(14)17/h7-8,10H,2-6,9,11H2,1H3. The zero-order valence-electron chi connectivity index (χ0n) is 11.8. The summed E-state index contributed by atoms with van der Waals surface area (Å²) >= 11 is 0. The van der Waals surface area contributed by atoms with Crippen molar-refractivity contribution in [2.24, 2.45) is 0 Å². The van der Waals surface area contributed by atoms with Crippen LogP contribution >= 0.6 is 0 Å². The number of hydrogen-bond acceptors (Lipinski definition) is 4. The summed E-state index contributed by atoms with van der Waals surface area (Å²) in [5, 5.41) is 0. The number of rotatable bonds is 6. The SMILES string of the molecule is CCCCOC(=O)COc1ccc2c(c1)CCCC2=O. The molecular formula is C16H20O4. The highest BCUT2D eigenvalue weighted by atomic mass is 16.6. The first kappa shape index (κ1) is 14.6. The van der Waals surface area contributed by atoms with Gasteiger partial charge in [-0.15, -0.1) is 0 Å². The minimum absolute atomic E-state index is 0.0869. The van der Waals surface area contributed by atoms with Crippen LogP contribution in [0.1, 0.15) is 48.5 Å². The molecule has 0 amide bonds. The molecule has 1 aliphatic rings. The first-order valence-electron chi connectivity index (χ1n) is 7.15. The molecule has 0 spiro atoms. The monoisotopic (exact) mass is 276 g/mol. The van der Waals surface area contributed by atoms with Gasteiger partial charge in [0.1, 0.15) is 5.75 Å². The van der Waals surface area contributed by atoms with Gasteiger partial charge in [-0.3, -0.25) is 4.79 Å². The first-order valence-corrected chi connectivity index (χ1v) is 7.15. The summed E-state index contributed by atoms with van der Waals surface area (Å²) in [7, 11) is 0. The Kier molecular flexibility index (Phi) is 5.16. The Labute approximate surface area is 119 Å². The van der Waals surface area contributed by atoms with Crippen LogP contribution in [0.3, 0.4) is 0 Å². The van der Waals surface area contributed by atoms with Crippen LogP contribution in [0.25, 0.3) is 0 Å². The van der Waals surface area contributed by atoms with Crippen molar-refractivity contribution in [2.45, 2.75) is 39.0 Å². The fraction of sp³-hybridized carbons (Fsp3) is 0.500. The fourth-order valence-electron chi connectivity index (χ4n) is 2.23. The van der Waals surface area contributed by atoms with Gasteiger partial charge in [-0.2, -0.15) is 0 Å². The van der Waals surface area contributed by atoms with Crippen LogP contribution in [0.4, 0.5) is 0 Å². The molecule has 1 aliphatic carbocycles. The fourth-order valence-corrected chi connectivity index (χ4v) is 2.23. The number of unbranched alkanes of at least 4 members (excludes halogenated alkanes) is 1. The highest BCUT2D eigenvalue weighted by Crippen LogP contribution is 2.25. The maximum absolute atomic E-state index is 11.7. The molecule has 0 bridgehead atoms. The van der Waals surface area contributed by atoms with Crippen LogP contribution in [-0.2, 0) is 16.0 Å². The summed E-state index contributed by atoms with van der Waals surface area (Å²) < 4.78 is 10.4. The molecule has 0 aliphatic heterocycles. The third-order valence-electron chi connectivity index (χ3n) is 3.34. The van der Waals surface area contributed by atoms with E-state index in [1.165, 1.54) is 0 Å². The maximum atomic E-state index is 11.7. The molecule has 20 heavy (non-hydrogen) atoms. The van der Waals surface area contributed by atoms with Crippen molar-refractivity contribution in [3.63, 3.8) is 0 Å². The van der Waals surface area contributed by atoms with Gasteiger partial charge < -0.3 is 9.47 Å². The van der Waals surface area contributed by atoms with Crippen LogP contribution in [0.5, 0.6) is 5.75 Å². The highest BCUT2D eigenvalue weighted by Gasteiger charge is 2.17. The van der Waals surface area contributed by atoms with E-state index < -0.39 is 0 Å². The first-order chi connectivity index (χ1) is 9.70. The number of hydrogen-bond donors (Lipinski definition) is 0. The minimum Gasteiger partial charge on any atom is -0.482 e. The molecule has 2 rings (SSSR count). The topological polar surface area (TPSA) is 52.6 Å². The highest BCUT2D eigenvalue weighted by molar-refractivity contribution is 5.98. The lowest BCUT2D eigenvalue weighted by molar-refractivity contribution is -0.146. The van der Waals surface area contributed by atoms with Crippen molar-refractivity contribution in [1.82, 2.24) is 0 Å². The Bertz CT molecular complexity index is 493. The molecule has 4 nitrogen and oxygen atoms in total. The van der Waals surface area contributed by atoms with E-state index in [1.807, 2.05) is 13.0 Å². The smallest absolute Gasteiger partial charge is 0.344 e. The Morgan fingerprint density at radius 3 is 2.95 bits per heavy atom. The van der Waals surface area contributed by atoms with Crippen molar-refractivity contribution >= 4 is 11.8 Å². The van der Waals surface area contributed by atoms with Crippen LogP contribution in [-0.4, -0.2) is 25.0 Å². The number of aryl methyl sites for hydroxylation is 1. The predicted molar refractivity (Wildman–Crippen MR) is 75.1 cm³/mol. The van der Waals surface area contributed by atoms with Crippen molar-refractivity contribution in [2.75, 3.05) is 13.2 Å². The average Bonchev–Trinajstić information content (AvgIpc) is 2.45. The molecule has 0 fully saturated rings. The molecule has 0 aromatic heterocycles. The quantitative estimate of drug-likeness (QED) is 0.592. The van der Waals surface area contributed by atoms with Gasteiger partial charge >= 0.3 is 5.97 Å². The third kappa shape index (κ3) is 3.83. The summed E-state index contributed by atoms with van der Waals surface area (Å²) in [6.45, 7) is 2.40. The average molecular weight is 276 g/mol. The lowest BCUT2D eigenvalue weighted by Crippen LogP contribution is -2.16. The minimum atomic E-state index is -0.354. The van der Waals surface area contributed by atoms with E-state index in [9.17, 15) is 9.59 Å².